The van der Waals surface area contributed by atoms with Crippen LogP contribution >= 0.6 is 22.9 Å². The van der Waals surface area contributed by atoms with E-state index in [-0.39, 0.29) is 0 Å². The summed E-state index contributed by atoms with van der Waals surface area (Å²) in [5, 5.41) is 6.53. The zero-order valence-electron chi connectivity index (χ0n) is 16.7. The van der Waals surface area contributed by atoms with Gasteiger partial charge in [-0.2, -0.15) is 0 Å². The van der Waals surface area contributed by atoms with Crippen molar-refractivity contribution in [2.45, 2.75) is 33.1 Å². The second-order valence-corrected chi connectivity index (χ2v) is 9.50. The van der Waals surface area contributed by atoms with Crippen molar-refractivity contribution < 1.29 is 0 Å². The molecule has 148 valence electrons. The van der Waals surface area contributed by atoms with Crippen LogP contribution in [0.5, 0.6) is 0 Å². The van der Waals surface area contributed by atoms with Crippen molar-refractivity contribution in [3.05, 3.63) is 69.3 Å². The van der Waals surface area contributed by atoms with Crippen molar-refractivity contribution in [3.63, 3.8) is 0 Å². The summed E-state index contributed by atoms with van der Waals surface area (Å²) < 4.78 is 1.81. The molecule has 0 saturated heterocycles. The van der Waals surface area contributed by atoms with Gasteiger partial charge < -0.3 is 0 Å². The molecule has 0 atom stereocenters. The zero-order valence-corrected chi connectivity index (χ0v) is 18.3. The fourth-order valence-electron chi connectivity index (χ4n) is 4.38. The van der Waals surface area contributed by atoms with E-state index in [4.69, 9.17) is 26.7 Å². The first-order valence-corrected chi connectivity index (χ1v) is 11.3. The lowest BCUT2D eigenvalue weighted by atomic mass is 9.93. The highest BCUT2D eigenvalue weighted by Gasteiger charge is 2.24. The molecule has 0 unspecified atom stereocenters. The maximum absolute atomic E-state index is 6.05. The van der Waals surface area contributed by atoms with Crippen molar-refractivity contribution in [1.82, 2.24) is 19.6 Å². The number of hydrogen-bond donors (Lipinski definition) is 0. The third kappa shape index (κ3) is 2.69. The maximum Gasteiger partial charge on any atom is 0.182 e. The van der Waals surface area contributed by atoms with E-state index in [2.05, 4.69) is 26.0 Å². The molecule has 3 aromatic heterocycles. The molecule has 0 N–H and O–H groups in total. The topological polar surface area (TPSA) is 43.1 Å². The Morgan fingerprint density at radius 2 is 1.83 bits per heavy atom. The lowest BCUT2D eigenvalue weighted by Gasteiger charge is -2.11. The summed E-state index contributed by atoms with van der Waals surface area (Å²) in [4.78, 5) is 12.1. The van der Waals surface area contributed by atoms with Crippen LogP contribution in [0.15, 0.2) is 42.7 Å². The molecule has 0 radical (unpaired) electrons. The summed E-state index contributed by atoms with van der Waals surface area (Å²) in [5.41, 5.74) is 8.56. The van der Waals surface area contributed by atoms with E-state index in [9.17, 15) is 0 Å². The van der Waals surface area contributed by atoms with E-state index in [1.165, 1.54) is 32.7 Å². The van der Waals surface area contributed by atoms with Crippen LogP contribution in [0.2, 0.25) is 5.02 Å². The van der Waals surface area contributed by atoms with E-state index < -0.39 is 0 Å². The van der Waals surface area contributed by atoms with Gasteiger partial charge in [0.15, 0.2) is 11.5 Å². The normalized spacial score (nSPS) is 13.4. The standard InChI is InChI=1S/C24H19ClN4S/c1-13-10-16-4-3-5-19-20(18(16)11-14(13)2)21-23-27-22(15-6-8-17(25)9-7-15)28-29(23)12-26-24(21)30-19/h6-12H,3-5H2,1-2H3. The second-order valence-electron chi connectivity index (χ2n) is 7.98. The summed E-state index contributed by atoms with van der Waals surface area (Å²) in [5.74, 6) is 0.690. The number of fused-ring (bicyclic) bond motifs is 7. The van der Waals surface area contributed by atoms with Crippen LogP contribution in [0, 0.1) is 13.8 Å². The van der Waals surface area contributed by atoms with Crippen molar-refractivity contribution in [2.75, 3.05) is 0 Å². The second kappa shape index (κ2) is 6.62. The molecule has 0 amide bonds. The van der Waals surface area contributed by atoms with Crippen LogP contribution in [0.1, 0.15) is 28.0 Å². The number of halogens is 1. The number of hydrogen-bond acceptors (Lipinski definition) is 4. The Kier molecular flexibility index (Phi) is 3.98. The Morgan fingerprint density at radius 3 is 2.67 bits per heavy atom. The third-order valence-corrected chi connectivity index (χ3v) is 7.45. The highest BCUT2D eigenvalue weighted by Crippen LogP contribution is 2.44. The fourth-order valence-corrected chi connectivity index (χ4v) is 5.70. The lowest BCUT2D eigenvalue weighted by Crippen LogP contribution is -1.94. The SMILES string of the molecule is Cc1cc2c(cc1C)-c1c(sc3ncn4nc(-c5ccc(Cl)cc5)nc4c13)CCC2. The van der Waals surface area contributed by atoms with E-state index >= 15 is 0 Å². The third-order valence-electron chi connectivity index (χ3n) is 6.04. The predicted molar refractivity (Wildman–Crippen MR) is 124 cm³/mol. The van der Waals surface area contributed by atoms with Crippen LogP contribution < -0.4 is 0 Å². The van der Waals surface area contributed by atoms with Crippen molar-refractivity contribution in [2.24, 2.45) is 0 Å². The quantitative estimate of drug-likeness (QED) is 0.307. The smallest absolute Gasteiger partial charge is 0.182 e. The molecule has 6 heteroatoms. The Morgan fingerprint density at radius 1 is 1.03 bits per heavy atom. The molecule has 0 bridgehead atoms. The molecule has 6 rings (SSSR count). The minimum Gasteiger partial charge on any atom is -0.225 e. The first-order valence-electron chi connectivity index (χ1n) is 10.1. The summed E-state index contributed by atoms with van der Waals surface area (Å²) in [6, 6.07) is 12.4. The number of thiophene rings is 1. The van der Waals surface area contributed by atoms with Crippen molar-refractivity contribution >= 4 is 38.8 Å². The molecule has 0 saturated carbocycles. The average molecular weight is 431 g/mol. The van der Waals surface area contributed by atoms with Crippen molar-refractivity contribution in [3.8, 4) is 22.5 Å². The number of aromatic nitrogens is 4. The first-order chi connectivity index (χ1) is 14.6. The molecule has 1 aliphatic carbocycles. The van der Waals surface area contributed by atoms with E-state index in [0.29, 0.717) is 10.8 Å². The van der Waals surface area contributed by atoms with Crippen LogP contribution in [0.4, 0.5) is 0 Å². The van der Waals surface area contributed by atoms with Crippen LogP contribution in [-0.4, -0.2) is 19.6 Å². The van der Waals surface area contributed by atoms with Gasteiger partial charge in [-0.1, -0.05) is 23.7 Å². The van der Waals surface area contributed by atoms with Gasteiger partial charge in [0.1, 0.15) is 11.2 Å². The Bertz CT molecular complexity index is 1450. The zero-order chi connectivity index (χ0) is 20.4. The Hall–Kier alpha value is -2.76. The van der Waals surface area contributed by atoms with Crippen LogP contribution in [0.3, 0.4) is 0 Å². The monoisotopic (exact) mass is 430 g/mol. The fraction of sp³-hybridized carbons (Fsp3) is 0.208. The first kappa shape index (κ1) is 18.0. The molecule has 30 heavy (non-hydrogen) atoms. The van der Waals surface area contributed by atoms with Gasteiger partial charge in [0.05, 0.1) is 5.39 Å². The molecular weight excluding hydrogens is 412 g/mol. The molecule has 4 nitrogen and oxygen atoms in total. The Labute approximate surface area is 183 Å². The predicted octanol–water partition coefficient (Wildman–Crippen LogP) is 6.43. The van der Waals surface area contributed by atoms with Crippen LogP contribution in [-0.2, 0) is 12.8 Å². The molecule has 0 fully saturated rings. The van der Waals surface area contributed by atoms with Gasteiger partial charge in [0.2, 0.25) is 0 Å². The number of rotatable bonds is 1. The highest BCUT2D eigenvalue weighted by molar-refractivity contribution is 7.19. The van der Waals surface area contributed by atoms with Gasteiger partial charge in [0, 0.05) is 21.0 Å². The van der Waals surface area contributed by atoms with Gasteiger partial charge >= 0.3 is 0 Å². The molecular formula is C24H19ClN4S. The molecule has 2 aromatic carbocycles. The van der Waals surface area contributed by atoms with Gasteiger partial charge in [-0.05, 0) is 79.6 Å². The lowest BCUT2D eigenvalue weighted by molar-refractivity contribution is 0.843. The van der Waals surface area contributed by atoms with Gasteiger partial charge in [0.25, 0.3) is 0 Å². The molecule has 1 aliphatic rings. The number of nitrogens with zero attached hydrogens (tertiary/aromatic N) is 4. The summed E-state index contributed by atoms with van der Waals surface area (Å²) in [6.07, 6.45) is 5.13. The average Bonchev–Trinajstić information content (AvgIpc) is 3.28. The Balaban J connectivity index is 1.66. The minimum atomic E-state index is 0.690. The molecule has 0 aliphatic heterocycles. The number of benzene rings is 2. The van der Waals surface area contributed by atoms with E-state index in [1.54, 1.807) is 17.7 Å². The minimum absolute atomic E-state index is 0.690. The molecule has 0 spiro atoms. The molecule has 5 aromatic rings. The van der Waals surface area contributed by atoms with Crippen LogP contribution in [0.25, 0.3) is 38.4 Å². The highest BCUT2D eigenvalue weighted by atomic mass is 35.5. The van der Waals surface area contributed by atoms with E-state index in [0.717, 1.165) is 40.7 Å². The maximum atomic E-state index is 6.05. The van der Waals surface area contributed by atoms with Gasteiger partial charge in [-0.3, -0.25) is 0 Å². The van der Waals surface area contributed by atoms with Crippen molar-refractivity contribution in [1.29, 1.82) is 0 Å². The molecule has 3 heterocycles. The summed E-state index contributed by atoms with van der Waals surface area (Å²) in [6.45, 7) is 4.39. The summed E-state index contributed by atoms with van der Waals surface area (Å²) in [7, 11) is 0. The van der Waals surface area contributed by atoms with Gasteiger partial charge in [-0.15, -0.1) is 16.4 Å². The summed E-state index contributed by atoms with van der Waals surface area (Å²) >= 11 is 7.85. The van der Waals surface area contributed by atoms with E-state index in [1.807, 2.05) is 28.8 Å². The number of aryl methyl sites for hydroxylation is 4. The largest absolute Gasteiger partial charge is 0.225 e. The van der Waals surface area contributed by atoms with Gasteiger partial charge in [-0.25, -0.2) is 14.5 Å².